The van der Waals surface area contributed by atoms with Gasteiger partial charge in [0.2, 0.25) is 0 Å². The van der Waals surface area contributed by atoms with Crippen molar-refractivity contribution >= 4 is 0 Å². The van der Waals surface area contributed by atoms with Crippen LogP contribution >= 0.6 is 0 Å². The summed E-state index contributed by atoms with van der Waals surface area (Å²) < 4.78 is 0. The van der Waals surface area contributed by atoms with Gasteiger partial charge in [0.05, 0.1) is 13.2 Å². The number of hydrogen-bond donors (Lipinski definition) is 2. The van der Waals surface area contributed by atoms with E-state index >= 15 is 0 Å². The summed E-state index contributed by atoms with van der Waals surface area (Å²) >= 11 is 0. The molecule has 0 radical (unpaired) electrons. The second-order valence-corrected chi connectivity index (χ2v) is 2.53. The van der Waals surface area contributed by atoms with Crippen LogP contribution in [0.3, 0.4) is 0 Å². The zero-order valence-electron chi connectivity index (χ0n) is 7.31. The minimum Gasteiger partial charge on any atom is -0.395 e. The van der Waals surface area contributed by atoms with Crippen molar-refractivity contribution in [3.05, 3.63) is 0 Å². The lowest BCUT2D eigenvalue weighted by atomic mass is 10.2. The van der Waals surface area contributed by atoms with Gasteiger partial charge in [0.15, 0.2) is 0 Å². The van der Waals surface area contributed by atoms with E-state index in [-0.39, 0.29) is 6.61 Å². The molecular formula is C8H19NO2. The van der Waals surface area contributed by atoms with Crippen LogP contribution in [-0.2, 0) is 4.84 Å². The molecule has 11 heavy (non-hydrogen) atoms. The number of nitrogens with one attached hydrogen (secondary N) is 1. The van der Waals surface area contributed by atoms with Crippen molar-refractivity contribution in [2.45, 2.75) is 32.6 Å². The summed E-state index contributed by atoms with van der Waals surface area (Å²) in [4.78, 5) is 5.01. The predicted octanol–water partition coefficient (Wildman–Crippen LogP) is 1.08. The summed E-state index contributed by atoms with van der Waals surface area (Å²) in [5.41, 5.74) is 2.66. The van der Waals surface area contributed by atoms with Crippen molar-refractivity contribution in [3.63, 3.8) is 0 Å². The Balaban J connectivity index is 2.69. The zero-order chi connectivity index (χ0) is 8.36. The van der Waals surface area contributed by atoms with E-state index in [9.17, 15) is 0 Å². The smallest absolute Gasteiger partial charge is 0.0682 e. The lowest BCUT2D eigenvalue weighted by Crippen LogP contribution is -2.19. The summed E-state index contributed by atoms with van der Waals surface area (Å²) in [5, 5.41) is 8.36. The van der Waals surface area contributed by atoms with E-state index in [1.54, 1.807) is 0 Å². The summed E-state index contributed by atoms with van der Waals surface area (Å²) in [5.74, 6) is 0. The molecule has 0 fully saturated rings. The highest BCUT2D eigenvalue weighted by molar-refractivity contribution is 4.38. The molecular weight excluding hydrogens is 142 g/mol. The van der Waals surface area contributed by atoms with Crippen LogP contribution in [0.1, 0.15) is 32.6 Å². The van der Waals surface area contributed by atoms with Gasteiger partial charge in [0, 0.05) is 6.54 Å². The number of hydrogen-bond acceptors (Lipinski definition) is 3. The summed E-state index contributed by atoms with van der Waals surface area (Å²) in [6.45, 7) is 3.59. The van der Waals surface area contributed by atoms with Gasteiger partial charge in [-0.2, -0.15) is 0 Å². The molecule has 0 aliphatic heterocycles. The largest absolute Gasteiger partial charge is 0.395 e. The van der Waals surface area contributed by atoms with Gasteiger partial charge in [-0.1, -0.05) is 26.2 Å². The minimum atomic E-state index is 0.134. The van der Waals surface area contributed by atoms with Crippen molar-refractivity contribution in [2.75, 3.05) is 19.8 Å². The highest BCUT2D eigenvalue weighted by atomic mass is 16.6. The summed E-state index contributed by atoms with van der Waals surface area (Å²) in [7, 11) is 0. The maximum atomic E-state index is 8.36. The standard InChI is InChI=1S/C8H19NO2/c1-2-3-4-5-8-11-9-6-7-10/h9-10H,2-8H2,1H3. The first kappa shape index (κ1) is 10.9. The topological polar surface area (TPSA) is 41.5 Å². The van der Waals surface area contributed by atoms with Crippen LogP contribution in [0.4, 0.5) is 0 Å². The van der Waals surface area contributed by atoms with Crippen molar-refractivity contribution in [3.8, 4) is 0 Å². The molecule has 0 spiro atoms. The lowest BCUT2D eigenvalue weighted by Gasteiger charge is -2.02. The molecule has 0 heterocycles. The van der Waals surface area contributed by atoms with E-state index < -0.39 is 0 Å². The second kappa shape index (κ2) is 9.88. The predicted molar refractivity (Wildman–Crippen MR) is 45.2 cm³/mol. The maximum Gasteiger partial charge on any atom is 0.0682 e. The minimum absolute atomic E-state index is 0.134. The fourth-order valence-electron chi connectivity index (χ4n) is 0.791. The first-order valence-electron chi connectivity index (χ1n) is 4.37. The third-order valence-electron chi connectivity index (χ3n) is 1.42. The highest BCUT2D eigenvalue weighted by Crippen LogP contribution is 1.97. The molecule has 0 aromatic rings. The van der Waals surface area contributed by atoms with Gasteiger partial charge in [-0.05, 0) is 6.42 Å². The van der Waals surface area contributed by atoms with E-state index in [0.29, 0.717) is 6.54 Å². The van der Waals surface area contributed by atoms with E-state index in [4.69, 9.17) is 9.94 Å². The first-order valence-corrected chi connectivity index (χ1v) is 4.37. The molecule has 0 aliphatic rings. The maximum absolute atomic E-state index is 8.36. The SMILES string of the molecule is CCCCCCONCCO. The highest BCUT2D eigenvalue weighted by Gasteiger charge is 1.87. The van der Waals surface area contributed by atoms with Crippen LogP contribution < -0.4 is 5.48 Å². The molecule has 68 valence electrons. The fraction of sp³-hybridized carbons (Fsp3) is 1.00. The quantitative estimate of drug-likeness (QED) is 0.413. The van der Waals surface area contributed by atoms with Crippen molar-refractivity contribution in [1.29, 1.82) is 0 Å². The number of unbranched alkanes of at least 4 members (excludes halogenated alkanes) is 3. The first-order chi connectivity index (χ1) is 5.41. The number of hydroxylamine groups is 1. The van der Waals surface area contributed by atoms with Crippen LogP contribution in [0.15, 0.2) is 0 Å². The van der Waals surface area contributed by atoms with Gasteiger partial charge in [0.1, 0.15) is 0 Å². The van der Waals surface area contributed by atoms with Gasteiger partial charge in [-0.15, -0.1) is 0 Å². The Hall–Kier alpha value is -0.120. The zero-order valence-corrected chi connectivity index (χ0v) is 7.31. The van der Waals surface area contributed by atoms with Gasteiger partial charge in [0.25, 0.3) is 0 Å². The number of aliphatic hydroxyl groups excluding tert-OH is 1. The Morgan fingerprint density at radius 2 is 2.09 bits per heavy atom. The third-order valence-corrected chi connectivity index (χ3v) is 1.42. The van der Waals surface area contributed by atoms with E-state index in [1.807, 2.05) is 0 Å². The molecule has 0 atom stereocenters. The molecule has 0 aliphatic carbocycles. The Morgan fingerprint density at radius 3 is 2.73 bits per heavy atom. The van der Waals surface area contributed by atoms with Gasteiger partial charge < -0.3 is 9.94 Å². The van der Waals surface area contributed by atoms with E-state index in [0.717, 1.165) is 13.0 Å². The molecule has 0 aromatic heterocycles. The van der Waals surface area contributed by atoms with Crippen LogP contribution in [0, 0.1) is 0 Å². The molecule has 0 rings (SSSR count). The van der Waals surface area contributed by atoms with Gasteiger partial charge in [-0.25, -0.2) is 5.48 Å². The van der Waals surface area contributed by atoms with E-state index in [2.05, 4.69) is 12.4 Å². The molecule has 2 N–H and O–H groups in total. The average molecular weight is 161 g/mol. The average Bonchev–Trinajstić information content (AvgIpc) is 2.03. The summed E-state index contributed by atoms with van der Waals surface area (Å²) in [6, 6.07) is 0. The fourth-order valence-corrected chi connectivity index (χ4v) is 0.791. The number of rotatable bonds is 8. The molecule has 0 unspecified atom stereocenters. The van der Waals surface area contributed by atoms with E-state index in [1.165, 1.54) is 19.3 Å². The Bertz CT molecular complexity index is 61.1. The second-order valence-electron chi connectivity index (χ2n) is 2.53. The van der Waals surface area contributed by atoms with Crippen molar-refractivity contribution in [1.82, 2.24) is 5.48 Å². The molecule has 0 saturated carbocycles. The molecule has 0 amide bonds. The Morgan fingerprint density at radius 1 is 1.27 bits per heavy atom. The van der Waals surface area contributed by atoms with Crippen LogP contribution in [0.5, 0.6) is 0 Å². The van der Waals surface area contributed by atoms with Crippen molar-refractivity contribution in [2.24, 2.45) is 0 Å². The van der Waals surface area contributed by atoms with Crippen LogP contribution in [0.2, 0.25) is 0 Å². The third kappa shape index (κ3) is 9.88. The Kier molecular flexibility index (Phi) is 9.77. The molecule has 0 bridgehead atoms. The summed E-state index contributed by atoms with van der Waals surface area (Å²) in [6.07, 6.45) is 4.87. The monoisotopic (exact) mass is 161 g/mol. The van der Waals surface area contributed by atoms with Gasteiger partial charge >= 0.3 is 0 Å². The normalized spacial score (nSPS) is 10.4. The molecule has 3 nitrogen and oxygen atoms in total. The number of aliphatic hydroxyl groups is 1. The van der Waals surface area contributed by atoms with Crippen molar-refractivity contribution < 1.29 is 9.94 Å². The Labute approximate surface area is 68.7 Å². The molecule has 0 aromatic carbocycles. The lowest BCUT2D eigenvalue weighted by molar-refractivity contribution is 0.0298. The molecule has 3 heteroatoms. The van der Waals surface area contributed by atoms with Gasteiger partial charge in [-0.3, -0.25) is 0 Å². The molecule has 0 saturated heterocycles. The van der Waals surface area contributed by atoms with Crippen LogP contribution in [-0.4, -0.2) is 24.9 Å². The van der Waals surface area contributed by atoms with Crippen LogP contribution in [0.25, 0.3) is 0 Å².